The molecule has 1 fully saturated rings. The molecule has 2 aromatic rings. The highest BCUT2D eigenvalue weighted by atomic mass is 16.1. The second-order valence-corrected chi connectivity index (χ2v) is 4.87. The number of aromatic nitrogens is 1. The van der Waals surface area contributed by atoms with Gasteiger partial charge in [-0.3, -0.25) is 9.36 Å². The van der Waals surface area contributed by atoms with Crippen molar-refractivity contribution in [2.75, 3.05) is 5.73 Å². The van der Waals surface area contributed by atoms with Crippen LogP contribution in [0.3, 0.4) is 0 Å². The van der Waals surface area contributed by atoms with Gasteiger partial charge in [0, 0.05) is 11.9 Å². The minimum atomic E-state index is 0.0486. The Morgan fingerprint density at radius 1 is 1.29 bits per heavy atom. The minimum Gasteiger partial charge on any atom is -0.385 e. The van der Waals surface area contributed by atoms with E-state index in [0.29, 0.717) is 11.7 Å². The second-order valence-electron chi connectivity index (χ2n) is 4.87. The van der Waals surface area contributed by atoms with Crippen LogP contribution >= 0.6 is 0 Å². The Balaban J connectivity index is 2.13. The van der Waals surface area contributed by atoms with Crippen molar-refractivity contribution < 1.29 is 0 Å². The molecule has 1 aromatic heterocycles. The lowest BCUT2D eigenvalue weighted by molar-refractivity contribution is 0.276. The first-order valence-corrected chi connectivity index (χ1v) is 6.14. The Kier molecular flexibility index (Phi) is 2.39. The van der Waals surface area contributed by atoms with E-state index in [0.717, 1.165) is 17.3 Å². The van der Waals surface area contributed by atoms with E-state index in [4.69, 9.17) is 5.73 Å². The smallest absolute Gasteiger partial charge is 0.259 e. The molecule has 3 rings (SSSR count). The van der Waals surface area contributed by atoms with E-state index in [-0.39, 0.29) is 5.56 Å². The summed E-state index contributed by atoms with van der Waals surface area (Å²) in [6, 6.07) is 9.52. The molecule has 3 heteroatoms. The Morgan fingerprint density at radius 2 is 2.06 bits per heavy atom. The van der Waals surface area contributed by atoms with Crippen molar-refractivity contribution in [2.45, 2.75) is 25.8 Å². The van der Waals surface area contributed by atoms with Crippen molar-refractivity contribution >= 4 is 16.6 Å². The number of pyridine rings is 1. The molecule has 0 unspecified atom stereocenters. The SMILES string of the molecule is Nc1cc2ccccc2c(=O)n1CC1CCC1. The lowest BCUT2D eigenvalue weighted by Gasteiger charge is -2.26. The minimum absolute atomic E-state index is 0.0486. The third-order valence-corrected chi connectivity index (χ3v) is 3.72. The molecular formula is C14H16N2O. The first-order valence-electron chi connectivity index (χ1n) is 6.14. The van der Waals surface area contributed by atoms with Gasteiger partial charge >= 0.3 is 0 Å². The fourth-order valence-corrected chi connectivity index (χ4v) is 2.44. The number of nitrogens with zero attached hydrogens (tertiary/aromatic N) is 1. The standard InChI is InChI=1S/C14H16N2O/c15-13-8-11-6-1-2-7-12(11)14(17)16(13)9-10-4-3-5-10/h1-2,6-8,10H,3-5,9,15H2. The van der Waals surface area contributed by atoms with E-state index < -0.39 is 0 Å². The summed E-state index contributed by atoms with van der Waals surface area (Å²) >= 11 is 0. The molecule has 3 nitrogen and oxygen atoms in total. The molecule has 0 radical (unpaired) electrons. The van der Waals surface area contributed by atoms with E-state index in [2.05, 4.69) is 0 Å². The van der Waals surface area contributed by atoms with E-state index >= 15 is 0 Å². The monoisotopic (exact) mass is 228 g/mol. The van der Waals surface area contributed by atoms with Crippen molar-refractivity contribution in [1.82, 2.24) is 4.57 Å². The summed E-state index contributed by atoms with van der Waals surface area (Å²) in [7, 11) is 0. The summed E-state index contributed by atoms with van der Waals surface area (Å²) in [5.74, 6) is 1.22. The number of rotatable bonds is 2. The Morgan fingerprint density at radius 3 is 2.76 bits per heavy atom. The number of benzene rings is 1. The quantitative estimate of drug-likeness (QED) is 0.857. The predicted molar refractivity (Wildman–Crippen MR) is 70.0 cm³/mol. The Labute approximate surface area is 99.9 Å². The molecule has 0 aliphatic heterocycles. The average Bonchev–Trinajstić information content (AvgIpc) is 2.26. The zero-order valence-corrected chi connectivity index (χ0v) is 9.73. The number of anilines is 1. The van der Waals surface area contributed by atoms with Crippen LogP contribution < -0.4 is 11.3 Å². The Bertz CT molecular complexity index is 611. The normalized spacial score (nSPS) is 16.0. The number of nitrogen functional groups attached to an aromatic ring is 1. The largest absolute Gasteiger partial charge is 0.385 e. The van der Waals surface area contributed by atoms with Crippen LogP contribution in [0.1, 0.15) is 19.3 Å². The highest BCUT2D eigenvalue weighted by molar-refractivity contribution is 5.83. The molecule has 0 spiro atoms. The van der Waals surface area contributed by atoms with Crippen LogP contribution in [0, 0.1) is 5.92 Å². The molecule has 1 heterocycles. The summed E-state index contributed by atoms with van der Waals surface area (Å²) in [6.45, 7) is 0.773. The molecular weight excluding hydrogens is 212 g/mol. The van der Waals surface area contributed by atoms with Gasteiger partial charge in [-0.1, -0.05) is 24.6 Å². The fourth-order valence-electron chi connectivity index (χ4n) is 2.44. The van der Waals surface area contributed by atoms with Crippen LogP contribution in [0.4, 0.5) is 5.82 Å². The molecule has 17 heavy (non-hydrogen) atoms. The van der Waals surface area contributed by atoms with Crippen molar-refractivity contribution in [2.24, 2.45) is 5.92 Å². The van der Waals surface area contributed by atoms with Crippen LogP contribution in [0.25, 0.3) is 10.8 Å². The van der Waals surface area contributed by atoms with Crippen LogP contribution in [0.5, 0.6) is 0 Å². The summed E-state index contributed by atoms with van der Waals surface area (Å²) in [6.07, 6.45) is 3.73. The van der Waals surface area contributed by atoms with Crippen molar-refractivity contribution in [3.8, 4) is 0 Å². The van der Waals surface area contributed by atoms with E-state index in [1.165, 1.54) is 19.3 Å². The van der Waals surface area contributed by atoms with Gasteiger partial charge in [-0.25, -0.2) is 0 Å². The first kappa shape index (κ1) is 10.4. The average molecular weight is 228 g/mol. The molecule has 2 N–H and O–H groups in total. The summed E-state index contributed by atoms with van der Waals surface area (Å²) in [4.78, 5) is 12.3. The van der Waals surface area contributed by atoms with Gasteiger partial charge in [-0.2, -0.15) is 0 Å². The van der Waals surface area contributed by atoms with Crippen LogP contribution in [0.15, 0.2) is 35.1 Å². The summed E-state index contributed by atoms with van der Waals surface area (Å²) in [5, 5.41) is 1.70. The molecule has 0 saturated heterocycles. The van der Waals surface area contributed by atoms with Crippen molar-refractivity contribution in [3.63, 3.8) is 0 Å². The van der Waals surface area contributed by atoms with Gasteiger partial charge in [0.15, 0.2) is 0 Å². The maximum absolute atomic E-state index is 12.3. The summed E-state index contributed by atoms with van der Waals surface area (Å²) < 4.78 is 1.73. The lowest BCUT2D eigenvalue weighted by atomic mass is 9.85. The zero-order valence-electron chi connectivity index (χ0n) is 9.73. The van der Waals surface area contributed by atoms with Gasteiger partial charge < -0.3 is 5.73 Å². The highest BCUT2D eigenvalue weighted by Crippen LogP contribution is 2.28. The van der Waals surface area contributed by atoms with Gasteiger partial charge in [-0.15, -0.1) is 0 Å². The fraction of sp³-hybridized carbons (Fsp3) is 0.357. The molecule has 1 saturated carbocycles. The molecule has 1 aliphatic carbocycles. The number of hydrogen-bond acceptors (Lipinski definition) is 2. The molecule has 0 bridgehead atoms. The maximum Gasteiger partial charge on any atom is 0.259 e. The van der Waals surface area contributed by atoms with Gasteiger partial charge in [-0.05, 0) is 36.3 Å². The molecule has 1 aliphatic rings. The lowest BCUT2D eigenvalue weighted by Crippen LogP contribution is -2.28. The predicted octanol–water partition coefficient (Wildman–Crippen LogP) is 2.38. The van der Waals surface area contributed by atoms with Crippen LogP contribution in [-0.4, -0.2) is 4.57 Å². The van der Waals surface area contributed by atoms with Gasteiger partial charge in [0.05, 0.1) is 0 Å². The topological polar surface area (TPSA) is 48.0 Å². The molecule has 88 valence electrons. The third kappa shape index (κ3) is 1.71. The van der Waals surface area contributed by atoms with Crippen molar-refractivity contribution in [1.29, 1.82) is 0 Å². The second kappa shape index (κ2) is 3.91. The van der Waals surface area contributed by atoms with Gasteiger partial charge in [0.1, 0.15) is 5.82 Å². The molecule has 1 aromatic carbocycles. The number of fused-ring (bicyclic) bond motifs is 1. The third-order valence-electron chi connectivity index (χ3n) is 3.72. The van der Waals surface area contributed by atoms with Crippen LogP contribution in [0.2, 0.25) is 0 Å². The van der Waals surface area contributed by atoms with E-state index in [9.17, 15) is 4.79 Å². The van der Waals surface area contributed by atoms with Crippen LogP contribution in [-0.2, 0) is 6.54 Å². The Hall–Kier alpha value is -1.77. The number of nitrogens with two attached hydrogens (primary N) is 1. The van der Waals surface area contributed by atoms with E-state index in [1.54, 1.807) is 4.57 Å². The molecule has 0 atom stereocenters. The van der Waals surface area contributed by atoms with E-state index in [1.807, 2.05) is 30.3 Å². The van der Waals surface area contributed by atoms with Gasteiger partial charge in [0.2, 0.25) is 0 Å². The van der Waals surface area contributed by atoms with Gasteiger partial charge in [0.25, 0.3) is 5.56 Å². The van der Waals surface area contributed by atoms with Crippen molar-refractivity contribution in [3.05, 3.63) is 40.7 Å². The maximum atomic E-state index is 12.3. The number of hydrogen-bond donors (Lipinski definition) is 1. The summed E-state index contributed by atoms with van der Waals surface area (Å²) in [5.41, 5.74) is 6.03. The molecule has 0 amide bonds. The highest BCUT2D eigenvalue weighted by Gasteiger charge is 2.19. The zero-order chi connectivity index (χ0) is 11.8. The first-order chi connectivity index (χ1) is 8.25.